The van der Waals surface area contributed by atoms with Gasteiger partial charge in [-0.05, 0) is 46.1 Å². The predicted molar refractivity (Wildman–Crippen MR) is 85.0 cm³/mol. The summed E-state index contributed by atoms with van der Waals surface area (Å²) < 4.78 is 13.7. The number of hydrogen-bond donors (Lipinski definition) is 1. The maximum atomic E-state index is 12.9. The highest BCUT2D eigenvalue weighted by Gasteiger charge is 2.15. The van der Waals surface area contributed by atoms with Crippen LogP contribution in [0.15, 0.2) is 28.7 Å². The van der Waals surface area contributed by atoms with Crippen molar-refractivity contribution in [3.8, 4) is 11.3 Å². The van der Waals surface area contributed by atoms with Gasteiger partial charge < -0.3 is 5.73 Å². The Hall–Kier alpha value is -1.49. The van der Waals surface area contributed by atoms with Gasteiger partial charge in [-0.1, -0.05) is 27.7 Å². The van der Waals surface area contributed by atoms with Gasteiger partial charge in [0.05, 0.1) is 15.9 Å². The summed E-state index contributed by atoms with van der Waals surface area (Å²) in [6, 6.07) is 6.14. The molecule has 1 heterocycles. The first-order valence-corrected chi connectivity index (χ1v) is 7.37. The lowest BCUT2D eigenvalue weighted by atomic mass is 10.1. The Balaban J connectivity index is 0.000000956. The van der Waals surface area contributed by atoms with Crippen LogP contribution in [0.25, 0.3) is 11.3 Å². The number of nitrogens with zero attached hydrogens (tertiary/aromatic N) is 2. The van der Waals surface area contributed by atoms with E-state index in [9.17, 15) is 4.39 Å². The first-order valence-electron chi connectivity index (χ1n) is 6.58. The molecule has 0 saturated heterocycles. The Morgan fingerprint density at radius 3 is 2.15 bits per heavy atom. The molecule has 0 aliphatic heterocycles. The van der Waals surface area contributed by atoms with Crippen molar-refractivity contribution in [1.82, 2.24) is 9.97 Å². The van der Waals surface area contributed by atoms with Crippen LogP contribution in [0, 0.1) is 5.82 Å². The molecule has 1 aromatic heterocycles. The second-order valence-corrected chi connectivity index (χ2v) is 5.08. The van der Waals surface area contributed by atoms with E-state index in [1.165, 1.54) is 12.1 Å². The minimum atomic E-state index is -0.277. The molecule has 108 valence electrons. The minimum absolute atomic E-state index is 0.223. The third-order valence-electron chi connectivity index (χ3n) is 2.56. The van der Waals surface area contributed by atoms with E-state index in [2.05, 4.69) is 25.9 Å². The predicted octanol–water partition coefficient (Wildman–Crippen LogP) is 4.78. The zero-order valence-corrected chi connectivity index (χ0v) is 13.7. The van der Waals surface area contributed by atoms with Gasteiger partial charge in [-0.15, -0.1) is 0 Å². The van der Waals surface area contributed by atoms with E-state index in [0.29, 0.717) is 5.69 Å². The first-order chi connectivity index (χ1) is 9.49. The standard InChI is InChI=1S/C13H13BrFN3.C2H6/c1-7(2)11-10(14)12(18-13(16)17-11)8-3-5-9(15)6-4-8;1-2/h3-7H,1-2H3,(H2,16,17,18);1-2H3. The van der Waals surface area contributed by atoms with Gasteiger partial charge in [0, 0.05) is 5.56 Å². The molecular formula is C15H19BrFN3. The van der Waals surface area contributed by atoms with E-state index < -0.39 is 0 Å². The number of benzene rings is 1. The Bertz CT molecular complexity index is 568. The zero-order valence-electron chi connectivity index (χ0n) is 12.1. The van der Waals surface area contributed by atoms with Gasteiger partial charge in [0.15, 0.2) is 0 Å². The van der Waals surface area contributed by atoms with E-state index in [0.717, 1.165) is 15.7 Å². The van der Waals surface area contributed by atoms with Gasteiger partial charge in [0.25, 0.3) is 0 Å². The summed E-state index contributed by atoms with van der Waals surface area (Å²) in [5.41, 5.74) is 8.06. The first kappa shape index (κ1) is 16.6. The Labute approximate surface area is 127 Å². The summed E-state index contributed by atoms with van der Waals surface area (Å²) >= 11 is 3.50. The minimum Gasteiger partial charge on any atom is -0.368 e. The van der Waals surface area contributed by atoms with Crippen molar-refractivity contribution in [2.75, 3.05) is 5.73 Å². The molecule has 0 aliphatic carbocycles. The largest absolute Gasteiger partial charge is 0.368 e. The molecule has 2 aromatic rings. The molecule has 0 bridgehead atoms. The molecule has 0 radical (unpaired) electrons. The summed E-state index contributed by atoms with van der Waals surface area (Å²) in [4.78, 5) is 8.43. The summed E-state index contributed by atoms with van der Waals surface area (Å²) in [7, 11) is 0. The number of hydrogen-bond acceptors (Lipinski definition) is 3. The van der Waals surface area contributed by atoms with Crippen molar-refractivity contribution in [3.05, 3.63) is 40.2 Å². The fourth-order valence-electron chi connectivity index (χ4n) is 1.66. The quantitative estimate of drug-likeness (QED) is 0.856. The molecule has 3 nitrogen and oxygen atoms in total. The fourth-order valence-corrected chi connectivity index (χ4v) is 2.53. The van der Waals surface area contributed by atoms with Gasteiger partial charge in [-0.3, -0.25) is 0 Å². The Morgan fingerprint density at radius 2 is 1.65 bits per heavy atom. The van der Waals surface area contributed by atoms with E-state index in [4.69, 9.17) is 5.73 Å². The smallest absolute Gasteiger partial charge is 0.220 e. The molecule has 2 N–H and O–H groups in total. The van der Waals surface area contributed by atoms with Crippen molar-refractivity contribution in [2.45, 2.75) is 33.6 Å². The molecule has 20 heavy (non-hydrogen) atoms. The average Bonchev–Trinajstić information content (AvgIpc) is 2.44. The SMILES string of the molecule is CC.CC(C)c1nc(N)nc(-c2ccc(F)cc2)c1Br. The molecule has 0 unspecified atom stereocenters. The molecular weight excluding hydrogens is 321 g/mol. The average molecular weight is 340 g/mol. The van der Waals surface area contributed by atoms with Crippen LogP contribution < -0.4 is 5.73 Å². The fraction of sp³-hybridized carbons (Fsp3) is 0.333. The highest BCUT2D eigenvalue weighted by molar-refractivity contribution is 9.10. The molecule has 2 rings (SSSR count). The van der Waals surface area contributed by atoms with E-state index in [-0.39, 0.29) is 17.7 Å². The van der Waals surface area contributed by atoms with Crippen LogP contribution in [-0.4, -0.2) is 9.97 Å². The van der Waals surface area contributed by atoms with Crippen LogP contribution in [0.4, 0.5) is 10.3 Å². The Kier molecular flexibility index (Phi) is 6.07. The monoisotopic (exact) mass is 339 g/mol. The van der Waals surface area contributed by atoms with E-state index in [1.807, 2.05) is 27.7 Å². The second-order valence-electron chi connectivity index (χ2n) is 4.29. The number of nitrogen functional groups attached to an aromatic ring is 1. The summed E-state index contributed by atoms with van der Waals surface area (Å²) in [5.74, 6) is 0.172. The van der Waals surface area contributed by atoms with Gasteiger partial charge in [0.1, 0.15) is 5.82 Å². The maximum absolute atomic E-state index is 12.9. The van der Waals surface area contributed by atoms with Crippen LogP contribution in [0.3, 0.4) is 0 Å². The molecule has 0 amide bonds. The molecule has 0 fully saturated rings. The highest BCUT2D eigenvalue weighted by Crippen LogP contribution is 2.32. The number of halogens is 2. The lowest BCUT2D eigenvalue weighted by molar-refractivity contribution is 0.628. The van der Waals surface area contributed by atoms with Gasteiger partial charge in [-0.25, -0.2) is 14.4 Å². The zero-order chi connectivity index (χ0) is 15.3. The van der Waals surface area contributed by atoms with Crippen molar-refractivity contribution in [2.24, 2.45) is 0 Å². The third kappa shape index (κ3) is 3.76. The van der Waals surface area contributed by atoms with E-state index >= 15 is 0 Å². The molecule has 5 heteroatoms. The molecule has 0 aliphatic rings. The van der Waals surface area contributed by atoms with Crippen molar-refractivity contribution in [3.63, 3.8) is 0 Å². The number of aromatic nitrogens is 2. The normalized spacial score (nSPS) is 10.2. The maximum Gasteiger partial charge on any atom is 0.220 e. The molecule has 0 atom stereocenters. The molecule has 0 spiro atoms. The lowest BCUT2D eigenvalue weighted by Gasteiger charge is -2.12. The van der Waals surface area contributed by atoms with Crippen molar-refractivity contribution in [1.29, 1.82) is 0 Å². The Morgan fingerprint density at radius 1 is 1.10 bits per heavy atom. The van der Waals surface area contributed by atoms with Crippen LogP contribution >= 0.6 is 15.9 Å². The summed E-state index contributed by atoms with van der Waals surface area (Å²) in [6.45, 7) is 8.06. The number of nitrogens with two attached hydrogens (primary N) is 1. The topological polar surface area (TPSA) is 51.8 Å². The van der Waals surface area contributed by atoms with Gasteiger partial charge in [-0.2, -0.15) is 0 Å². The van der Waals surface area contributed by atoms with Crippen molar-refractivity contribution >= 4 is 21.9 Å². The van der Waals surface area contributed by atoms with Crippen LogP contribution in [0.2, 0.25) is 0 Å². The number of rotatable bonds is 2. The van der Waals surface area contributed by atoms with Gasteiger partial charge in [0.2, 0.25) is 5.95 Å². The van der Waals surface area contributed by atoms with Crippen LogP contribution in [-0.2, 0) is 0 Å². The van der Waals surface area contributed by atoms with Crippen LogP contribution in [0.1, 0.15) is 39.3 Å². The summed E-state index contributed by atoms with van der Waals surface area (Å²) in [6.07, 6.45) is 0. The lowest BCUT2D eigenvalue weighted by Crippen LogP contribution is -2.04. The second kappa shape index (κ2) is 7.33. The number of anilines is 1. The van der Waals surface area contributed by atoms with Gasteiger partial charge >= 0.3 is 0 Å². The summed E-state index contributed by atoms with van der Waals surface area (Å²) in [5, 5.41) is 0. The van der Waals surface area contributed by atoms with Crippen LogP contribution in [0.5, 0.6) is 0 Å². The molecule has 1 aromatic carbocycles. The highest BCUT2D eigenvalue weighted by atomic mass is 79.9. The van der Waals surface area contributed by atoms with Crippen molar-refractivity contribution < 1.29 is 4.39 Å². The third-order valence-corrected chi connectivity index (χ3v) is 3.34. The molecule has 0 saturated carbocycles. The van der Waals surface area contributed by atoms with E-state index in [1.54, 1.807) is 12.1 Å².